The highest BCUT2D eigenvalue weighted by molar-refractivity contribution is 5.94. The molecule has 0 aromatic heterocycles. The first kappa shape index (κ1) is 11.2. The van der Waals surface area contributed by atoms with E-state index in [1.807, 2.05) is 18.2 Å². The van der Waals surface area contributed by atoms with Gasteiger partial charge in [-0.1, -0.05) is 26.0 Å². The Kier molecular flexibility index (Phi) is 2.99. The second-order valence-electron chi connectivity index (χ2n) is 5.05. The fraction of sp³-hybridized carbons (Fsp3) is 0.500. The number of benzene rings is 1. The summed E-state index contributed by atoms with van der Waals surface area (Å²) in [4.78, 5) is 11.9. The SMILES string of the molecule is CCc1cccc(C(=O)NCC2(C)CC2)c1. The molecule has 1 N–H and O–H groups in total. The van der Waals surface area contributed by atoms with Crippen LogP contribution in [0.25, 0.3) is 0 Å². The maximum absolute atomic E-state index is 11.9. The van der Waals surface area contributed by atoms with Gasteiger partial charge in [0.05, 0.1) is 0 Å². The first-order valence-corrected chi connectivity index (χ1v) is 6.00. The van der Waals surface area contributed by atoms with E-state index in [9.17, 15) is 4.79 Å². The predicted molar refractivity (Wildman–Crippen MR) is 65.5 cm³/mol. The lowest BCUT2D eigenvalue weighted by molar-refractivity contribution is 0.0946. The lowest BCUT2D eigenvalue weighted by Crippen LogP contribution is -2.28. The van der Waals surface area contributed by atoms with Crippen molar-refractivity contribution in [2.75, 3.05) is 6.54 Å². The van der Waals surface area contributed by atoms with Crippen molar-refractivity contribution < 1.29 is 4.79 Å². The van der Waals surface area contributed by atoms with Crippen LogP contribution < -0.4 is 5.32 Å². The fourth-order valence-electron chi connectivity index (χ4n) is 1.72. The second kappa shape index (κ2) is 4.28. The van der Waals surface area contributed by atoms with Gasteiger partial charge in [0.25, 0.3) is 5.91 Å². The van der Waals surface area contributed by atoms with E-state index < -0.39 is 0 Å². The molecule has 1 aromatic rings. The standard InChI is InChI=1S/C14H19NO/c1-3-11-5-4-6-12(9-11)13(16)15-10-14(2)7-8-14/h4-6,9H,3,7-8,10H2,1-2H3,(H,15,16). The fourth-order valence-corrected chi connectivity index (χ4v) is 1.72. The molecule has 0 spiro atoms. The highest BCUT2D eigenvalue weighted by Gasteiger charge is 2.37. The third kappa shape index (κ3) is 2.63. The average Bonchev–Trinajstić information content (AvgIpc) is 3.05. The van der Waals surface area contributed by atoms with Crippen LogP contribution >= 0.6 is 0 Å². The Balaban J connectivity index is 1.97. The Morgan fingerprint density at radius 1 is 1.44 bits per heavy atom. The molecular formula is C14H19NO. The Bertz CT molecular complexity index is 393. The zero-order valence-electron chi connectivity index (χ0n) is 10.0. The first-order valence-electron chi connectivity index (χ1n) is 6.00. The predicted octanol–water partition coefficient (Wildman–Crippen LogP) is 2.78. The van der Waals surface area contributed by atoms with E-state index in [0.717, 1.165) is 18.5 Å². The van der Waals surface area contributed by atoms with Gasteiger partial charge in [-0.15, -0.1) is 0 Å². The molecule has 0 unspecified atom stereocenters. The van der Waals surface area contributed by atoms with Crippen molar-refractivity contribution in [1.82, 2.24) is 5.32 Å². The van der Waals surface area contributed by atoms with Crippen molar-refractivity contribution in [1.29, 1.82) is 0 Å². The summed E-state index contributed by atoms with van der Waals surface area (Å²) in [5.41, 5.74) is 2.37. The minimum Gasteiger partial charge on any atom is -0.351 e. The van der Waals surface area contributed by atoms with Crippen LogP contribution in [0.4, 0.5) is 0 Å². The molecule has 0 bridgehead atoms. The van der Waals surface area contributed by atoms with Gasteiger partial charge in [0.2, 0.25) is 0 Å². The monoisotopic (exact) mass is 217 g/mol. The molecule has 1 aliphatic rings. The summed E-state index contributed by atoms with van der Waals surface area (Å²) in [6.45, 7) is 5.13. The van der Waals surface area contributed by atoms with Crippen molar-refractivity contribution in [2.24, 2.45) is 5.41 Å². The summed E-state index contributed by atoms with van der Waals surface area (Å²) in [5.74, 6) is 0.0587. The summed E-state index contributed by atoms with van der Waals surface area (Å²) in [7, 11) is 0. The summed E-state index contributed by atoms with van der Waals surface area (Å²) < 4.78 is 0. The highest BCUT2D eigenvalue weighted by Crippen LogP contribution is 2.44. The van der Waals surface area contributed by atoms with Crippen molar-refractivity contribution in [3.63, 3.8) is 0 Å². The van der Waals surface area contributed by atoms with E-state index in [4.69, 9.17) is 0 Å². The van der Waals surface area contributed by atoms with E-state index in [1.54, 1.807) is 0 Å². The molecule has 1 saturated carbocycles. The smallest absolute Gasteiger partial charge is 0.251 e. The van der Waals surface area contributed by atoms with Gasteiger partial charge in [-0.05, 0) is 42.4 Å². The number of carbonyl (C=O) groups excluding carboxylic acids is 1. The number of hydrogen-bond acceptors (Lipinski definition) is 1. The minimum atomic E-state index is 0.0587. The van der Waals surface area contributed by atoms with E-state index >= 15 is 0 Å². The maximum atomic E-state index is 11.9. The van der Waals surface area contributed by atoms with Crippen molar-refractivity contribution in [3.8, 4) is 0 Å². The van der Waals surface area contributed by atoms with E-state index in [1.165, 1.54) is 18.4 Å². The summed E-state index contributed by atoms with van der Waals surface area (Å²) in [6, 6.07) is 7.86. The molecule has 2 rings (SSSR count). The van der Waals surface area contributed by atoms with Gasteiger partial charge in [-0.3, -0.25) is 4.79 Å². The minimum absolute atomic E-state index is 0.0587. The van der Waals surface area contributed by atoms with Crippen molar-refractivity contribution >= 4 is 5.91 Å². The van der Waals surface area contributed by atoms with Gasteiger partial charge >= 0.3 is 0 Å². The zero-order chi connectivity index (χ0) is 11.6. The molecule has 0 saturated heterocycles. The molecule has 2 nitrogen and oxygen atoms in total. The maximum Gasteiger partial charge on any atom is 0.251 e. The largest absolute Gasteiger partial charge is 0.351 e. The molecule has 1 aliphatic carbocycles. The Morgan fingerprint density at radius 2 is 2.19 bits per heavy atom. The lowest BCUT2D eigenvalue weighted by atomic mass is 10.1. The van der Waals surface area contributed by atoms with E-state index in [0.29, 0.717) is 5.41 Å². The van der Waals surface area contributed by atoms with Gasteiger partial charge in [-0.2, -0.15) is 0 Å². The van der Waals surface area contributed by atoms with Crippen LogP contribution in [0.5, 0.6) is 0 Å². The highest BCUT2D eigenvalue weighted by atomic mass is 16.1. The number of nitrogens with one attached hydrogen (secondary N) is 1. The van der Waals surface area contributed by atoms with Gasteiger partial charge in [0.1, 0.15) is 0 Å². The molecule has 86 valence electrons. The molecule has 0 aliphatic heterocycles. The number of carbonyl (C=O) groups is 1. The third-order valence-corrected chi connectivity index (χ3v) is 3.38. The third-order valence-electron chi connectivity index (χ3n) is 3.38. The molecule has 0 heterocycles. The molecule has 16 heavy (non-hydrogen) atoms. The van der Waals surface area contributed by atoms with Crippen LogP contribution in [-0.2, 0) is 6.42 Å². The molecule has 1 fully saturated rings. The van der Waals surface area contributed by atoms with Crippen LogP contribution in [0.1, 0.15) is 42.6 Å². The molecule has 1 amide bonds. The molecule has 2 heteroatoms. The summed E-state index contributed by atoms with van der Waals surface area (Å²) >= 11 is 0. The molecule has 1 aromatic carbocycles. The van der Waals surface area contributed by atoms with E-state index in [2.05, 4.69) is 25.2 Å². The van der Waals surface area contributed by atoms with Crippen LogP contribution in [0.15, 0.2) is 24.3 Å². The molecule has 0 atom stereocenters. The summed E-state index contributed by atoms with van der Waals surface area (Å²) in [5, 5.41) is 3.01. The number of hydrogen-bond donors (Lipinski definition) is 1. The second-order valence-corrected chi connectivity index (χ2v) is 5.05. The number of amides is 1. The van der Waals surface area contributed by atoms with Crippen LogP contribution in [0.2, 0.25) is 0 Å². The number of rotatable bonds is 4. The Labute approximate surface area is 97.1 Å². The number of aryl methyl sites for hydroxylation is 1. The van der Waals surface area contributed by atoms with Crippen LogP contribution in [-0.4, -0.2) is 12.5 Å². The Morgan fingerprint density at radius 3 is 2.81 bits per heavy atom. The zero-order valence-corrected chi connectivity index (χ0v) is 10.0. The Hall–Kier alpha value is -1.31. The van der Waals surface area contributed by atoms with E-state index in [-0.39, 0.29) is 5.91 Å². The molecule has 0 radical (unpaired) electrons. The topological polar surface area (TPSA) is 29.1 Å². The van der Waals surface area contributed by atoms with Crippen LogP contribution in [0, 0.1) is 5.41 Å². The summed E-state index contributed by atoms with van der Waals surface area (Å²) in [6.07, 6.45) is 3.45. The van der Waals surface area contributed by atoms with Crippen LogP contribution in [0.3, 0.4) is 0 Å². The molecular weight excluding hydrogens is 198 g/mol. The van der Waals surface area contributed by atoms with Gasteiger partial charge in [0.15, 0.2) is 0 Å². The first-order chi connectivity index (χ1) is 7.63. The van der Waals surface area contributed by atoms with Crippen molar-refractivity contribution in [2.45, 2.75) is 33.1 Å². The van der Waals surface area contributed by atoms with Gasteiger partial charge < -0.3 is 5.32 Å². The lowest BCUT2D eigenvalue weighted by Gasteiger charge is -2.10. The quantitative estimate of drug-likeness (QED) is 0.825. The van der Waals surface area contributed by atoms with Crippen molar-refractivity contribution in [3.05, 3.63) is 35.4 Å². The van der Waals surface area contributed by atoms with Gasteiger partial charge in [0, 0.05) is 12.1 Å². The normalized spacial score (nSPS) is 16.9. The average molecular weight is 217 g/mol. The van der Waals surface area contributed by atoms with Gasteiger partial charge in [-0.25, -0.2) is 0 Å².